The van der Waals surface area contributed by atoms with Crippen molar-refractivity contribution in [3.63, 3.8) is 0 Å². The standard InChI is InChI=1S/C9H16N2/c1-7-4-5-8-3-2-6-10-9(8)11-7/h8-10H,2-6H2,1H3. The van der Waals surface area contributed by atoms with Crippen molar-refractivity contribution in [3.05, 3.63) is 0 Å². The van der Waals surface area contributed by atoms with Crippen LogP contribution in [0.5, 0.6) is 0 Å². The lowest BCUT2D eigenvalue weighted by Gasteiger charge is -2.33. The number of nitrogens with zero attached hydrogens (tertiary/aromatic N) is 1. The van der Waals surface area contributed by atoms with Crippen molar-refractivity contribution in [3.8, 4) is 0 Å². The third kappa shape index (κ3) is 1.45. The third-order valence-corrected chi connectivity index (χ3v) is 2.79. The van der Waals surface area contributed by atoms with E-state index in [0.29, 0.717) is 6.17 Å². The summed E-state index contributed by atoms with van der Waals surface area (Å²) in [6.07, 6.45) is 5.78. The van der Waals surface area contributed by atoms with Gasteiger partial charge in [-0.15, -0.1) is 0 Å². The van der Waals surface area contributed by atoms with Crippen LogP contribution in [0.1, 0.15) is 32.6 Å². The summed E-state index contributed by atoms with van der Waals surface area (Å²) in [5.41, 5.74) is 1.33. The Kier molecular flexibility index (Phi) is 1.95. The van der Waals surface area contributed by atoms with Gasteiger partial charge in [0, 0.05) is 5.71 Å². The highest BCUT2D eigenvalue weighted by Crippen LogP contribution is 2.26. The zero-order chi connectivity index (χ0) is 7.68. The summed E-state index contributed by atoms with van der Waals surface area (Å²) in [6.45, 7) is 3.31. The van der Waals surface area contributed by atoms with Crippen LogP contribution < -0.4 is 5.32 Å². The highest BCUT2D eigenvalue weighted by molar-refractivity contribution is 5.82. The molecule has 1 saturated heterocycles. The zero-order valence-corrected chi connectivity index (χ0v) is 7.14. The van der Waals surface area contributed by atoms with E-state index in [4.69, 9.17) is 0 Å². The van der Waals surface area contributed by atoms with Crippen molar-refractivity contribution in [2.75, 3.05) is 6.54 Å². The van der Waals surface area contributed by atoms with Crippen LogP contribution in [-0.4, -0.2) is 18.4 Å². The minimum absolute atomic E-state index is 0.470. The third-order valence-electron chi connectivity index (χ3n) is 2.79. The first-order valence-corrected chi connectivity index (χ1v) is 4.63. The highest BCUT2D eigenvalue weighted by atomic mass is 15.1. The predicted molar refractivity (Wildman–Crippen MR) is 46.9 cm³/mol. The predicted octanol–water partition coefficient (Wildman–Crippen LogP) is 1.57. The van der Waals surface area contributed by atoms with Crippen LogP contribution in [0, 0.1) is 5.92 Å². The smallest absolute Gasteiger partial charge is 0.102 e. The van der Waals surface area contributed by atoms with Crippen molar-refractivity contribution >= 4 is 5.71 Å². The summed E-state index contributed by atoms with van der Waals surface area (Å²) in [4.78, 5) is 4.61. The summed E-state index contributed by atoms with van der Waals surface area (Å²) in [5.74, 6) is 0.840. The van der Waals surface area contributed by atoms with Gasteiger partial charge >= 0.3 is 0 Å². The molecule has 2 atom stereocenters. The van der Waals surface area contributed by atoms with Crippen LogP contribution in [0.2, 0.25) is 0 Å². The van der Waals surface area contributed by atoms with E-state index >= 15 is 0 Å². The van der Waals surface area contributed by atoms with Crippen LogP contribution >= 0.6 is 0 Å². The molecule has 0 spiro atoms. The minimum Gasteiger partial charge on any atom is -0.296 e. The van der Waals surface area contributed by atoms with Crippen molar-refractivity contribution in [1.82, 2.24) is 5.32 Å². The fraction of sp³-hybridized carbons (Fsp3) is 0.889. The number of hydrogen-bond acceptors (Lipinski definition) is 2. The van der Waals surface area contributed by atoms with Gasteiger partial charge in [0.15, 0.2) is 0 Å². The van der Waals surface area contributed by atoms with Crippen LogP contribution in [0.4, 0.5) is 0 Å². The number of aliphatic imine (C=N–C) groups is 1. The summed E-state index contributed by atoms with van der Waals surface area (Å²) in [6, 6.07) is 0. The van der Waals surface area contributed by atoms with Gasteiger partial charge < -0.3 is 0 Å². The van der Waals surface area contributed by atoms with Crippen LogP contribution in [0.15, 0.2) is 4.99 Å². The van der Waals surface area contributed by atoms with E-state index in [1.165, 1.54) is 31.4 Å². The summed E-state index contributed by atoms with van der Waals surface area (Å²) >= 11 is 0. The van der Waals surface area contributed by atoms with Crippen LogP contribution in [-0.2, 0) is 0 Å². The average Bonchev–Trinajstić information content (AvgIpc) is 2.04. The Morgan fingerprint density at radius 3 is 3.27 bits per heavy atom. The molecule has 0 radical (unpaired) electrons. The van der Waals surface area contributed by atoms with Gasteiger partial charge in [-0.25, -0.2) is 0 Å². The molecular weight excluding hydrogens is 136 g/mol. The molecule has 62 valence electrons. The van der Waals surface area contributed by atoms with E-state index in [1.807, 2.05) is 0 Å². The topological polar surface area (TPSA) is 24.4 Å². The Hall–Kier alpha value is -0.370. The van der Waals surface area contributed by atoms with E-state index < -0.39 is 0 Å². The lowest BCUT2D eigenvalue weighted by atomic mass is 9.88. The van der Waals surface area contributed by atoms with Gasteiger partial charge in [-0.05, 0) is 45.1 Å². The maximum Gasteiger partial charge on any atom is 0.102 e. The second kappa shape index (κ2) is 2.94. The maximum absolute atomic E-state index is 4.61. The summed E-state index contributed by atoms with van der Waals surface area (Å²) < 4.78 is 0. The van der Waals surface area contributed by atoms with Crippen LogP contribution in [0.25, 0.3) is 0 Å². The monoisotopic (exact) mass is 152 g/mol. The van der Waals surface area contributed by atoms with Gasteiger partial charge in [-0.1, -0.05) is 0 Å². The van der Waals surface area contributed by atoms with Crippen molar-refractivity contribution in [2.45, 2.75) is 38.8 Å². The second-order valence-corrected chi connectivity index (χ2v) is 3.70. The number of rotatable bonds is 0. The summed E-state index contributed by atoms with van der Waals surface area (Å²) in [5, 5.41) is 3.46. The molecule has 2 aliphatic rings. The Labute approximate surface area is 68.1 Å². The minimum atomic E-state index is 0.470. The van der Waals surface area contributed by atoms with E-state index in [9.17, 15) is 0 Å². The van der Waals surface area contributed by atoms with Gasteiger partial charge in [0.05, 0.1) is 0 Å². The van der Waals surface area contributed by atoms with Crippen molar-refractivity contribution < 1.29 is 0 Å². The second-order valence-electron chi connectivity index (χ2n) is 3.70. The molecule has 0 amide bonds. The van der Waals surface area contributed by atoms with E-state index in [2.05, 4.69) is 17.2 Å². The van der Waals surface area contributed by atoms with Gasteiger partial charge in [0.1, 0.15) is 6.17 Å². The molecule has 2 aliphatic heterocycles. The molecule has 2 heteroatoms. The molecule has 1 fully saturated rings. The van der Waals surface area contributed by atoms with Gasteiger partial charge in [-0.3, -0.25) is 10.3 Å². The van der Waals surface area contributed by atoms with E-state index in [1.54, 1.807) is 0 Å². The fourth-order valence-corrected chi connectivity index (χ4v) is 2.09. The lowest BCUT2D eigenvalue weighted by molar-refractivity contribution is 0.265. The molecule has 11 heavy (non-hydrogen) atoms. The number of hydrogen-bond donors (Lipinski definition) is 1. The Balaban J connectivity index is 2.07. The Bertz CT molecular complexity index is 174. The molecule has 0 saturated carbocycles. The van der Waals surface area contributed by atoms with Crippen molar-refractivity contribution in [1.29, 1.82) is 0 Å². The molecule has 0 aromatic carbocycles. The number of piperidine rings is 1. The van der Waals surface area contributed by atoms with Gasteiger partial charge in [-0.2, -0.15) is 0 Å². The SMILES string of the molecule is CC1=NC2NCCCC2CC1. The quantitative estimate of drug-likeness (QED) is 0.559. The molecule has 0 aromatic heterocycles. The number of fused-ring (bicyclic) bond motifs is 1. The Morgan fingerprint density at radius 2 is 2.36 bits per heavy atom. The highest BCUT2D eigenvalue weighted by Gasteiger charge is 2.26. The normalized spacial score (nSPS) is 37.7. The molecule has 2 heterocycles. The molecule has 2 rings (SSSR count). The molecule has 2 unspecified atom stereocenters. The largest absolute Gasteiger partial charge is 0.296 e. The van der Waals surface area contributed by atoms with Gasteiger partial charge in [0.2, 0.25) is 0 Å². The molecule has 0 bridgehead atoms. The molecule has 2 nitrogen and oxygen atoms in total. The molecule has 1 N–H and O–H groups in total. The molecule has 0 aliphatic carbocycles. The first-order chi connectivity index (χ1) is 5.36. The van der Waals surface area contributed by atoms with E-state index in [0.717, 1.165) is 12.5 Å². The van der Waals surface area contributed by atoms with Crippen LogP contribution in [0.3, 0.4) is 0 Å². The fourth-order valence-electron chi connectivity index (χ4n) is 2.09. The van der Waals surface area contributed by atoms with E-state index in [-0.39, 0.29) is 0 Å². The maximum atomic E-state index is 4.61. The first kappa shape index (κ1) is 7.29. The zero-order valence-electron chi connectivity index (χ0n) is 7.14. The summed E-state index contributed by atoms with van der Waals surface area (Å²) in [7, 11) is 0. The van der Waals surface area contributed by atoms with Gasteiger partial charge in [0.25, 0.3) is 0 Å². The molecule has 0 aromatic rings. The van der Waals surface area contributed by atoms with Crippen molar-refractivity contribution in [2.24, 2.45) is 10.9 Å². The lowest BCUT2D eigenvalue weighted by Crippen LogP contribution is -2.42. The molecular formula is C9H16N2. The number of nitrogens with one attached hydrogen (secondary N) is 1. The average molecular weight is 152 g/mol. The Morgan fingerprint density at radius 1 is 1.45 bits per heavy atom. The first-order valence-electron chi connectivity index (χ1n) is 4.63.